The van der Waals surface area contributed by atoms with E-state index in [1.165, 1.54) is 12.1 Å². The van der Waals surface area contributed by atoms with E-state index in [4.69, 9.17) is 5.73 Å². The summed E-state index contributed by atoms with van der Waals surface area (Å²) >= 11 is 1.58. The number of carbonyl (C=O) groups is 1. The third-order valence-electron chi connectivity index (χ3n) is 3.56. The van der Waals surface area contributed by atoms with E-state index in [1.54, 1.807) is 23.9 Å². The first-order chi connectivity index (χ1) is 11.4. The van der Waals surface area contributed by atoms with Crippen molar-refractivity contribution in [1.82, 2.24) is 14.8 Å². The smallest absolute Gasteiger partial charge is 0.217 e. The van der Waals surface area contributed by atoms with Crippen LogP contribution in [0.2, 0.25) is 0 Å². The number of rotatable bonds is 8. The van der Waals surface area contributed by atoms with Crippen LogP contribution < -0.4 is 5.73 Å². The number of primary amides is 1. The molecule has 0 aliphatic heterocycles. The second kappa shape index (κ2) is 8.28. The highest BCUT2D eigenvalue weighted by atomic mass is 32.2. The lowest BCUT2D eigenvalue weighted by Crippen LogP contribution is -2.15. The minimum absolute atomic E-state index is 0.115. The minimum atomic E-state index is -0.344. The Morgan fingerprint density at radius 1 is 1.25 bits per heavy atom. The topological polar surface area (TPSA) is 73.8 Å². The van der Waals surface area contributed by atoms with Crippen LogP contribution in [0.5, 0.6) is 0 Å². The summed E-state index contributed by atoms with van der Waals surface area (Å²) < 4.78 is 15.1. The van der Waals surface area contributed by atoms with Crippen LogP contribution in [0.1, 0.15) is 43.8 Å². The Hall–Kier alpha value is -1.89. The van der Waals surface area contributed by atoms with Crippen LogP contribution in [-0.2, 0) is 17.8 Å². The van der Waals surface area contributed by atoms with Crippen LogP contribution in [0.4, 0.5) is 4.39 Å². The quantitative estimate of drug-likeness (QED) is 0.741. The van der Waals surface area contributed by atoms with Gasteiger partial charge in [0, 0.05) is 24.6 Å². The largest absolute Gasteiger partial charge is 0.370 e. The summed E-state index contributed by atoms with van der Waals surface area (Å²) in [5.74, 6) is 0.612. The number of benzene rings is 1. The summed E-state index contributed by atoms with van der Waals surface area (Å²) in [6.45, 7) is 7.07. The molecule has 2 rings (SSSR count). The van der Waals surface area contributed by atoms with E-state index >= 15 is 0 Å². The van der Waals surface area contributed by atoms with Gasteiger partial charge in [0.05, 0.1) is 0 Å². The highest BCUT2D eigenvalue weighted by molar-refractivity contribution is 7.99. The highest BCUT2D eigenvalue weighted by Gasteiger charge is 2.17. The number of aromatic nitrogens is 3. The van der Waals surface area contributed by atoms with Crippen molar-refractivity contribution in [3.63, 3.8) is 0 Å². The van der Waals surface area contributed by atoms with Gasteiger partial charge < -0.3 is 10.3 Å². The normalized spacial score (nSPS) is 12.5. The van der Waals surface area contributed by atoms with E-state index in [2.05, 4.69) is 35.5 Å². The zero-order valence-electron chi connectivity index (χ0n) is 14.2. The molecule has 2 aromatic rings. The van der Waals surface area contributed by atoms with Crippen molar-refractivity contribution in [2.45, 2.75) is 50.6 Å². The number of thioether (sulfide) groups is 1. The molecule has 24 heavy (non-hydrogen) atoms. The molecule has 0 aliphatic rings. The number of carbonyl (C=O) groups excluding carboxylic acids is 1. The Bertz CT molecular complexity index is 684. The van der Waals surface area contributed by atoms with Gasteiger partial charge in [0.15, 0.2) is 5.16 Å². The number of hydrogen-bond donors (Lipinski definition) is 1. The molecular formula is C17H23FN4OS. The SMILES string of the molecule is CC(C)Cn1c(CCC(N)=O)nnc1S[C@H](C)c1ccc(F)cc1. The van der Waals surface area contributed by atoms with Crippen LogP contribution in [0.25, 0.3) is 0 Å². The van der Waals surface area contributed by atoms with E-state index in [-0.39, 0.29) is 23.4 Å². The first kappa shape index (κ1) is 18.4. The lowest BCUT2D eigenvalue weighted by molar-refractivity contribution is -0.118. The number of halogens is 1. The summed E-state index contributed by atoms with van der Waals surface area (Å²) in [6.07, 6.45) is 0.745. The predicted octanol–water partition coefficient (Wildman–Crippen LogP) is 3.34. The zero-order chi connectivity index (χ0) is 17.7. The molecule has 2 N–H and O–H groups in total. The monoisotopic (exact) mass is 350 g/mol. The fraction of sp³-hybridized carbons (Fsp3) is 0.471. The molecule has 1 heterocycles. The maximum atomic E-state index is 13.1. The molecule has 0 fully saturated rings. The maximum absolute atomic E-state index is 13.1. The summed E-state index contributed by atoms with van der Waals surface area (Å²) in [5.41, 5.74) is 6.26. The van der Waals surface area contributed by atoms with E-state index < -0.39 is 0 Å². The zero-order valence-corrected chi connectivity index (χ0v) is 15.0. The lowest BCUT2D eigenvalue weighted by atomic mass is 10.2. The Labute approximate surface area is 145 Å². The van der Waals surface area contributed by atoms with Crippen LogP contribution in [0.15, 0.2) is 29.4 Å². The fourth-order valence-corrected chi connectivity index (χ4v) is 3.34. The number of nitrogens with zero attached hydrogens (tertiary/aromatic N) is 3. The van der Waals surface area contributed by atoms with E-state index in [1.807, 2.05) is 0 Å². The third kappa shape index (κ3) is 5.06. The van der Waals surface area contributed by atoms with Gasteiger partial charge >= 0.3 is 0 Å². The molecule has 1 atom stereocenters. The number of aryl methyl sites for hydroxylation is 1. The molecule has 0 saturated heterocycles. The summed E-state index contributed by atoms with van der Waals surface area (Å²) in [4.78, 5) is 11.0. The third-order valence-corrected chi connectivity index (χ3v) is 4.70. The first-order valence-electron chi connectivity index (χ1n) is 7.99. The molecular weight excluding hydrogens is 327 g/mol. The van der Waals surface area contributed by atoms with Crippen LogP contribution in [0, 0.1) is 11.7 Å². The molecule has 0 unspecified atom stereocenters. The highest BCUT2D eigenvalue weighted by Crippen LogP contribution is 2.34. The van der Waals surface area contributed by atoms with Crippen molar-refractivity contribution >= 4 is 17.7 Å². The molecule has 0 radical (unpaired) electrons. The van der Waals surface area contributed by atoms with Gasteiger partial charge in [0.1, 0.15) is 11.6 Å². The van der Waals surface area contributed by atoms with E-state index in [9.17, 15) is 9.18 Å². The summed E-state index contributed by atoms with van der Waals surface area (Å²) in [5, 5.41) is 9.43. The molecule has 5 nitrogen and oxygen atoms in total. The summed E-state index contributed by atoms with van der Waals surface area (Å²) in [6, 6.07) is 6.49. The van der Waals surface area contributed by atoms with E-state index in [0.717, 1.165) is 23.1 Å². The number of nitrogens with two attached hydrogens (primary N) is 1. The second-order valence-electron chi connectivity index (χ2n) is 6.18. The number of amides is 1. The average molecular weight is 350 g/mol. The summed E-state index contributed by atoms with van der Waals surface area (Å²) in [7, 11) is 0. The van der Waals surface area contributed by atoms with Crippen LogP contribution >= 0.6 is 11.8 Å². The van der Waals surface area contributed by atoms with Crippen molar-refractivity contribution in [1.29, 1.82) is 0 Å². The molecule has 1 aromatic carbocycles. The standard InChI is InChI=1S/C17H23FN4OS/c1-11(2)10-22-16(9-8-15(19)23)20-21-17(22)24-12(3)13-4-6-14(18)7-5-13/h4-7,11-12H,8-10H2,1-3H3,(H2,19,23)/t12-/m1/s1. The van der Waals surface area contributed by atoms with Crippen molar-refractivity contribution in [2.24, 2.45) is 11.7 Å². The molecule has 0 saturated carbocycles. The van der Waals surface area contributed by atoms with Crippen LogP contribution in [0.3, 0.4) is 0 Å². The van der Waals surface area contributed by atoms with Gasteiger partial charge in [-0.05, 0) is 30.5 Å². The molecule has 0 aliphatic carbocycles. The average Bonchev–Trinajstić information content (AvgIpc) is 2.87. The van der Waals surface area contributed by atoms with E-state index in [0.29, 0.717) is 12.3 Å². The number of hydrogen-bond acceptors (Lipinski definition) is 4. The van der Waals surface area contributed by atoms with Crippen molar-refractivity contribution in [3.05, 3.63) is 41.5 Å². The molecule has 130 valence electrons. The molecule has 7 heteroatoms. The van der Waals surface area contributed by atoms with Crippen molar-refractivity contribution < 1.29 is 9.18 Å². The van der Waals surface area contributed by atoms with Gasteiger partial charge in [0.2, 0.25) is 5.91 Å². The molecule has 1 amide bonds. The van der Waals surface area contributed by atoms with Gasteiger partial charge in [0.25, 0.3) is 0 Å². The lowest BCUT2D eigenvalue weighted by Gasteiger charge is -2.15. The van der Waals surface area contributed by atoms with Gasteiger partial charge in [-0.3, -0.25) is 4.79 Å². The second-order valence-corrected chi connectivity index (χ2v) is 7.49. The molecule has 1 aromatic heterocycles. The van der Waals surface area contributed by atoms with Gasteiger partial charge in [-0.2, -0.15) is 0 Å². The van der Waals surface area contributed by atoms with Crippen molar-refractivity contribution in [2.75, 3.05) is 0 Å². The Morgan fingerprint density at radius 2 is 1.92 bits per heavy atom. The predicted molar refractivity (Wildman–Crippen MR) is 93.0 cm³/mol. The molecule has 0 spiro atoms. The Morgan fingerprint density at radius 3 is 2.50 bits per heavy atom. The minimum Gasteiger partial charge on any atom is -0.370 e. The van der Waals surface area contributed by atoms with Gasteiger partial charge in [-0.1, -0.05) is 37.7 Å². The molecule has 0 bridgehead atoms. The Balaban J connectivity index is 2.18. The van der Waals surface area contributed by atoms with Gasteiger partial charge in [-0.15, -0.1) is 10.2 Å². The van der Waals surface area contributed by atoms with Gasteiger partial charge in [-0.25, -0.2) is 4.39 Å². The first-order valence-corrected chi connectivity index (χ1v) is 8.87. The Kier molecular flexibility index (Phi) is 6.36. The van der Waals surface area contributed by atoms with Crippen molar-refractivity contribution in [3.8, 4) is 0 Å². The van der Waals surface area contributed by atoms with Crippen LogP contribution in [-0.4, -0.2) is 20.7 Å². The maximum Gasteiger partial charge on any atom is 0.217 e. The fourth-order valence-electron chi connectivity index (χ4n) is 2.33.